The number of carbonyl (C=O) groups excluding carboxylic acids is 2. The Morgan fingerprint density at radius 1 is 1.40 bits per heavy atom. The average molecular weight is 348 g/mol. The monoisotopic (exact) mass is 348 g/mol. The Kier molecular flexibility index (Phi) is 6.24. The highest BCUT2D eigenvalue weighted by Crippen LogP contribution is 2.31. The summed E-state index contributed by atoms with van der Waals surface area (Å²) in [4.78, 5) is 33.4. The molecule has 1 aromatic carbocycles. The van der Waals surface area contributed by atoms with Crippen molar-refractivity contribution in [2.45, 2.75) is 25.0 Å². The quantitative estimate of drug-likeness (QED) is 0.269. The molecule has 2 fully saturated rings. The fourth-order valence-electron chi connectivity index (χ4n) is 3.05. The minimum atomic E-state index is -0.493. The molecule has 8 heteroatoms. The fourth-order valence-corrected chi connectivity index (χ4v) is 3.05. The molecule has 0 aliphatic carbocycles. The van der Waals surface area contributed by atoms with Crippen molar-refractivity contribution >= 4 is 18.1 Å². The summed E-state index contributed by atoms with van der Waals surface area (Å²) >= 11 is 0. The molecule has 3 rings (SSSR count). The van der Waals surface area contributed by atoms with E-state index < -0.39 is 10.9 Å². The maximum absolute atomic E-state index is 12.0. The lowest BCUT2D eigenvalue weighted by Gasteiger charge is -2.14. The molecular formula is C17H20N2O6. The van der Waals surface area contributed by atoms with E-state index in [2.05, 4.69) is 16.2 Å². The first-order valence-corrected chi connectivity index (χ1v) is 7.77. The normalized spacial score (nSPS) is 21.7. The van der Waals surface area contributed by atoms with E-state index in [0.29, 0.717) is 18.1 Å². The Bertz CT molecular complexity index is 642. The molecule has 0 bridgehead atoms. The summed E-state index contributed by atoms with van der Waals surface area (Å²) in [5.41, 5.74) is 1.55. The Morgan fingerprint density at radius 2 is 2.04 bits per heavy atom. The number of benzene rings is 1. The van der Waals surface area contributed by atoms with Gasteiger partial charge in [0, 0.05) is 37.7 Å². The third kappa shape index (κ3) is 4.87. The minimum Gasteiger partial charge on any atom is -0.471 e. The predicted octanol–water partition coefficient (Wildman–Crippen LogP) is 1.94. The van der Waals surface area contributed by atoms with Gasteiger partial charge in [-0.1, -0.05) is 12.2 Å². The van der Waals surface area contributed by atoms with Gasteiger partial charge in [-0.2, -0.15) is 0 Å². The van der Waals surface area contributed by atoms with Crippen LogP contribution in [0.25, 0.3) is 0 Å². The Morgan fingerprint density at radius 3 is 2.56 bits per heavy atom. The first kappa shape index (κ1) is 18.6. The van der Waals surface area contributed by atoms with Gasteiger partial charge < -0.3 is 9.47 Å². The van der Waals surface area contributed by atoms with Gasteiger partial charge in [0.25, 0.3) is 12.2 Å². The number of nitro groups is 1. The van der Waals surface area contributed by atoms with E-state index in [0.717, 1.165) is 25.9 Å². The highest BCUT2D eigenvalue weighted by Gasteiger charge is 2.38. The standard InChI is InChI=1S/C15H16N2O4.C2H4O2/c1-10-6-13-7-14(9-16(13)8-10)21-15(18)11-2-4-12(5-3-11)17(19)20;1-4-2-3/h2-5,13-14H,1,6-9H2;2H,1H3. The van der Waals surface area contributed by atoms with Crippen molar-refractivity contribution in [3.8, 4) is 0 Å². The van der Waals surface area contributed by atoms with Crippen LogP contribution >= 0.6 is 0 Å². The molecule has 1 aromatic rings. The number of rotatable bonds is 4. The molecule has 0 aromatic heterocycles. The summed E-state index contributed by atoms with van der Waals surface area (Å²) in [6.07, 6.45) is 1.70. The van der Waals surface area contributed by atoms with E-state index in [-0.39, 0.29) is 11.8 Å². The molecule has 2 heterocycles. The lowest BCUT2D eigenvalue weighted by atomic mass is 10.1. The summed E-state index contributed by atoms with van der Waals surface area (Å²) in [5.74, 6) is -0.421. The topological polar surface area (TPSA) is 99.0 Å². The van der Waals surface area contributed by atoms with Gasteiger partial charge >= 0.3 is 5.97 Å². The first-order chi connectivity index (χ1) is 11.9. The van der Waals surface area contributed by atoms with Crippen LogP contribution in [0.1, 0.15) is 23.2 Å². The first-order valence-electron chi connectivity index (χ1n) is 7.77. The van der Waals surface area contributed by atoms with E-state index in [9.17, 15) is 14.9 Å². The number of fused-ring (bicyclic) bond motifs is 1. The zero-order valence-corrected chi connectivity index (χ0v) is 13.9. The number of methoxy groups -OCH3 is 1. The molecule has 0 spiro atoms. The van der Waals surface area contributed by atoms with Crippen molar-refractivity contribution in [2.24, 2.45) is 0 Å². The molecule has 2 unspecified atom stereocenters. The number of nitrogens with zero attached hydrogens (tertiary/aromatic N) is 2. The Hall–Kier alpha value is -2.74. The molecule has 134 valence electrons. The van der Waals surface area contributed by atoms with Crippen LogP contribution in [0.4, 0.5) is 5.69 Å². The molecule has 0 N–H and O–H groups in total. The second kappa shape index (κ2) is 8.39. The van der Waals surface area contributed by atoms with Gasteiger partial charge in [-0.15, -0.1) is 0 Å². The van der Waals surface area contributed by atoms with Crippen LogP contribution in [0.2, 0.25) is 0 Å². The van der Waals surface area contributed by atoms with Gasteiger partial charge in [0.05, 0.1) is 17.6 Å². The van der Waals surface area contributed by atoms with Crippen molar-refractivity contribution < 1.29 is 24.0 Å². The number of hydrogen-bond donors (Lipinski definition) is 0. The molecule has 2 aliphatic heterocycles. The van der Waals surface area contributed by atoms with E-state index in [1.54, 1.807) is 0 Å². The molecule has 2 aliphatic rings. The second-order valence-corrected chi connectivity index (χ2v) is 5.94. The zero-order chi connectivity index (χ0) is 18.4. The largest absolute Gasteiger partial charge is 0.471 e. The molecular weight excluding hydrogens is 328 g/mol. The molecule has 0 radical (unpaired) electrons. The summed E-state index contributed by atoms with van der Waals surface area (Å²) < 4.78 is 9.35. The number of non-ortho nitro benzene ring substituents is 1. The van der Waals surface area contributed by atoms with Crippen molar-refractivity contribution in [2.75, 3.05) is 20.2 Å². The second-order valence-electron chi connectivity index (χ2n) is 5.94. The highest BCUT2D eigenvalue weighted by molar-refractivity contribution is 5.89. The Labute approximate surface area is 145 Å². The summed E-state index contributed by atoms with van der Waals surface area (Å²) in [7, 11) is 1.31. The van der Waals surface area contributed by atoms with Crippen LogP contribution in [0.3, 0.4) is 0 Å². The van der Waals surface area contributed by atoms with Gasteiger partial charge in [0.15, 0.2) is 0 Å². The maximum atomic E-state index is 12.0. The molecule has 8 nitrogen and oxygen atoms in total. The number of hydrogen-bond acceptors (Lipinski definition) is 7. The van der Waals surface area contributed by atoms with Crippen LogP contribution in [0.5, 0.6) is 0 Å². The molecule has 2 atom stereocenters. The maximum Gasteiger partial charge on any atom is 0.338 e. The highest BCUT2D eigenvalue weighted by atomic mass is 16.6. The van der Waals surface area contributed by atoms with Crippen molar-refractivity contribution in [1.82, 2.24) is 4.90 Å². The number of nitro benzene ring substituents is 1. The van der Waals surface area contributed by atoms with Crippen LogP contribution in [-0.4, -0.2) is 54.6 Å². The van der Waals surface area contributed by atoms with Crippen LogP contribution in [-0.2, 0) is 14.3 Å². The van der Waals surface area contributed by atoms with Gasteiger partial charge in [0.1, 0.15) is 6.10 Å². The lowest BCUT2D eigenvalue weighted by molar-refractivity contribution is -0.384. The van der Waals surface area contributed by atoms with Crippen LogP contribution < -0.4 is 0 Å². The van der Waals surface area contributed by atoms with E-state index >= 15 is 0 Å². The third-order valence-electron chi connectivity index (χ3n) is 4.12. The Balaban J connectivity index is 0.000000511. The average Bonchev–Trinajstić information content (AvgIpc) is 3.11. The molecule has 0 amide bonds. The van der Waals surface area contributed by atoms with Crippen molar-refractivity contribution in [3.63, 3.8) is 0 Å². The number of esters is 1. The number of carbonyl (C=O) groups is 2. The fraction of sp³-hybridized carbons (Fsp3) is 0.412. The van der Waals surface area contributed by atoms with Gasteiger partial charge in [-0.05, 0) is 18.6 Å². The van der Waals surface area contributed by atoms with Gasteiger partial charge in [-0.25, -0.2) is 4.79 Å². The van der Waals surface area contributed by atoms with Crippen molar-refractivity contribution in [1.29, 1.82) is 0 Å². The summed E-state index contributed by atoms with van der Waals surface area (Å²) in [5, 5.41) is 10.6. The van der Waals surface area contributed by atoms with Crippen LogP contribution in [0.15, 0.2) is 36.4 Å². The predicted molar refractivity (Wildman–Crippen MR) is 89.1 cm³/mol. The zero-order valence-electron chi connectivity index (χ0n) is 13.9. The lowest BCUT2D eigenvalue weighted by Crippen LogP contribution is -2.25. The SMILES string of the molecule is C=C1CC2CC(OC(=O)c3ccc([N+](=O)[O-])cc3)CN2C1.COC=O. The van der Waals surface area contributed by atoms with E-state index in [1.807, 2.05) is 0 Å². The van der Waals surface area contributed by atoms with Gasteiger partial charge in [-0.3, -0.25) is 19.8 Å². The minimum absolute atomic E-state index is 0.0356. The van der Waals surface area contributed by atoms with E-state index in [1.165, 1.54) is 36.9 Å². The van der Waals surface area contributed by atoms with E-state index in [4.69, 9.17) is 9.53 Å². The van der Waals surface area contributed by atoms with Gasteiger partial charge in [0.2, 0.25) is 0 Å². The molecule has 25 heavy (non-hydrogen) atoms. The molecule has 0 saturated carbocycles. The summed E-state index contributed by atoms with van der Waals surface area (Å²) in [6, 6.07) is 5.92. The third-order valence-corrected chi connectivity index (χ3v) is 4.12. The number of ether oxygens (including phenoxy) is 2. The van der Waals surface area contributed by atoms with Crippen LogP contribution in [0, 0.1) is 10.1 Å². The van der Waals surface area contributed by atoms with Crippen molar-refractivity contribution in [3.05, 3.63) is 52.1 Å². The smallest absolute Gasteiger partial charge is 0.338 e. The summed E-state index contributed by atoms with van der Waals surface area (Å²) in [6.45, 7) is 5.99. The molecule has 2 saturated heterocycles.